The molecule has 16 heavy (non-hydrogen) atoms. The van der Waals surface area contributed by atoms with Crippen molar-refractivity contribution in [1.29, 1.82) is 0 Å². The molecule has 0 aliphatic carbocycles. The summed E-state index contributed by atoms with van der Waals surface area (Å²) >= 11 is 0. The molecule has 1 unspecified atom stereocenters. The topological polar surface area (TPSA) is 18.5 Å². The van der Waals surface area contributed by atoms with E-state index in [1.807, 2.05) is 0 Å². The standard InChI is InChI=1S/C13H28O2Si/c1-2-3-4-5-6-7-8-11-14-16-13-10-9-12-15-16/h16H,2-13H2,1H3. The van der Waals surface area contributed by atoms with Crippen molar-refractivity contribution >= 4 is 9.28 Å². The van der Waals surface area contributed by atoms with Crippen molar-refractivity contribution < 1.29 is 8.85 Å². The van der Waals surface area contributed by atoms with E-state index >= 15 is 0 Å². The van der Waals surface area contributed by atoms with Crippen LogP contribution in [0.3, 0.4) is 0 Å². The number of rotatable bonds is 9. The molecule has 2 nitrogen and oxygen atoms in total. The van der Waals surface area contributed by atoms with E-state index in [0.717, 1.165) is 13.2 Å². The van der Waals surface area contributed by atoms with Gasteiger partial charge < -0.3 is 8.85 Å². The maximum absolute atomic E-state index is 5.83. The van der Waals surface area contributed by atoms with Crippen LogP contribution in [0, 0.1) is 0 Å². The fraction of sp³-hybridized carbons (Fsp3) is 1.00. The van der Waals surface area contributed by atoms with E-state index in [-0.39, 0.29) is 0 Å². The van der Waals surface area contributed by atoms with E-state index in [1.54, 1.807) is 0 Å². The fourth-order valence-electron chi connectivity index (χ4n) is 2.12. The van der Waals surface area contributed by atoms with Gasteiger partial charge in [-0.15, -0.1) is 0 Å². The predicted molar refractivity (Wildman–Crippen MR) is 71.1 cm³/mol. The molecule has 0 bridgehead atoms. The minimum atomic E-state index is -1.20. The summed E-state index contributed by atoms with van der Waals surface area (Å²) in [6.45, 7) is 4.17. The van der Waals surface area contributed by atoms with Crippen LogP contribution < -0.4 is 0 Å². The quantitative estimate of drug-likeness (QED) is 0.454. The molecule has 1 rings (SSSR count). The van der Waals surface area contributed by atoms with Crippen LogP contribution in [0.2, 0.25) is 6.04 Å². The van der Waals surface area contributed by atoms with E-state index in [2.05, 4.69) is 6.92 Å². The molecule has 0 N–H and O–H groups in total. The molecule has 3 heteroatoms. The molecule has 0 spiro atoms. The van der Waals surface area contributed by atoms with E-state index < -0.39 is 9.28 Å². The van der Waals surface area contributed by atoms with Crippen LogP contribution >= 0.6 is 0 Å². The second kappa shape index (κ2) is 10.3. The van der Waals surface area contributed by atoms with Gasteiger partial charge in [0.1, 0.15) is 0 Å². The van der Waals surface area contributed by atoms with Gasteiger partial charge >= 0.3 is 9.28 Å². The average Bonchev–Trinajstić information content (AvgIpc) is 2.34. The summed E-state index contributed by atoms with van der Waals surface area (Å²) in [5, 5.41) is 0. The zero-order valence-electron chi connectivity index (χ0n) is 10.9. The lowest BCUT2D eigenvalue weighted by molar-refractivity contribution is 0.174. The van der Waals surface area contributed by atoms with Crippen LogP contribution in [0.4, 0.5) is 0 Å². The summed E-state index contributed by atoms with van der Waals surface area (Å²) in [6.07, 6.45) is 12.1. The van der Waals surface area contributed by atoms with Crippen LogP contribution in [-0.4, -0.2) is 22.5 Å². The lowest BCUT2D eigenvalue weighted by Crippen LogP contribution is -2.27. The Morgan fingerprint density at radius 3 is 2.44 bits per heavy atom. The summed E-state index contributed by atoms with van der Waals surface area (Å²) in [4.78, 5) is 0. The first-order valence-electron chi connectivity index (χ1n) is 7.16. The van der Waals surface area contributed by atoms with Gasteiger partial charge in [0, 0.05) is 13.2 Å². The van der Waals surface area contributed by atoms with E-state index in [9.17, 15) is 0 Å². The molecule has 96 valence electrons. The average molecular weight is 244 g/mol. The second-order valence-electron chi connectivity index (χ2n) is 4.79. The lowest BCUT2D eigenvalue weighted by Gasteiger charge is -2.20. The Hall–Kier alpha value is 0.137. The van der Waals surface area contributed by atoms with Crippen LogP contribution in [-0.2, 0) is 8.85 Å². The van der Waals surface area contributed by atoms with Gasteiger partial charge in [-0.3, -0.25) is 0 Å². The summed E-state index contributed by atoms with van der Waals surface area (Å²) < 4.78 is 11.5. The van der Waals surface area contributed by atoms with Crippen molar-refractivity contribution in [3.05, 3.63) is 0 Å². The van der Waals surface area contributed by atoms with Gasteiger partial charge in [0.15, 0.2) is 0 Å². The normalized spacial score (nSPS) is 21.2. The highest BCUT2D eigenvalue weighted by molar-refractivity contribution is 6.44. The third-order valence-corrected chi connectivity index (χ3v) is 5.28. The maximum Gasteiger partial charge on any atom is 0.321 e. The largest absolute Gasteiger partial charge is 0.397 e. The van der Waals surface area contributed by atoms with Gasteiger partial charge in [-0.25, -0.2) is 0 Å². The predicted octanol–water partition coefficient (Wildman–Crippen LogP) is 3.78. The Kier molecular flexibility index (Phi) is 9.14. The molecule has 0 aromatic rings. The fourth-order valence-corrected chi connectivity index (χ4v) is 4.03. The highest BCUT2D eigenvalue weighted by atomic mass is 28.3. The van der Waals surface area contributed by atoms with Gasteiger partial charge in [0.2, 0.25) is 0 Å². The van der Waals surface area contributed by atoms with Crippen molar-refractivity contribution in [1.82, 2.24) is 0 Å². The Morgan fingerprint density at radius 2 is 1.75 bits per heavy atom. The molecule has 0 aromatic heterocycles. The van der Waals surface area contributed by atoms with Crippen molar-refractivity contribution in [2.75, 3.05) is 13.2 Å². The molecule has 1 aliphatic rings. The van der Waals surface area contributed by atoms with Crippen LogP contribution in [0.5, 0.6) is 0 Å². The SMILES string of the molecule is CCCCCCCCCO[SiH]1CCCCO1. The molecule has 1 saturated heterocycles. The molecule has 1 heterocycles. The minimum absolute atomic E-state index is 0.949. The number of hydrogen-bond donors (Lipinski definition) is 0. The molecule has 1 fully saturated rings. The summed E-state index contributed by atoms with van der Waals surface area (Å²) in [6, 6.07) is 1.23. The molecule has 1 aliphatic heterocycles. The first-order valence-corrected chi connectivity index (χ1v) is 8.92. The van der Waals surface area contributed by atoms with Gasteiger partial charge in [0.05, 0.1) is 0 Å². The molecule has 0 amide bonds. The van der Waals surface area contributed by atoms with Gasteiger partial charge in [0.25, 0.3) is 0 Å². The van der Waals surface area contributed by atoms with Crippen molar-refractivity contribution in [2.45, 2.75) is 70.8 Å². The van der Waals surface area contributed by atoms with E-state index in [4.69, 9.17) is 8.85 Å². The number of unbranched alkanes of at least 4 members (excludes halogenated alkanes) is 6. The molecule has 0 saturated carbocycles. The highest BCUT2D eigenvalue weighted by Crippen LogP contribution is 2.12. The first kappa shape index (κ1) is 14.2. The van der Waals surface area contributed by atoms with Gasteiger partial charge in [-0.05, 0) is 25.3 Å². The second-order valence-corrected chi connectivity index (χ2v) is 6.89. The van der Waals surface area contributed by atoms with Crippen molar-refractivity contribution in [2.24, 2.45) is 0 Å². The Morgan fingerprint density at radius 1 is 1.00 bits per heavy atom. The van der Waals surface area contributed by atoms with Crippen LogP contribution in [0.15, 0.2) is 0 Å². The smallest absolute Gasteiger partial charge is 0.321 e. The van der Waals surface area contributed by atoms with Gasteiger partial charge in [-0.1, -0.05) is 45.4 Å². The van der Waals surface area contributed by atoms with Gasteiger partial charge in [-0.2, -0.15) is 0 Å². The van der Waals surface area contributed by atoms with Crippen LogP contribution in [0.1, 0.15) is 64.7 Å². The molecular formula is C13H28O2Si. The maximum atomic E-state index is 5.83. The van der Waals surface area contributed by atoms with E-state index in [1.165, 1.54) is 63.8 Å². The summed E-state index contributed by atoms with van der Waals surface area (Å²) in [7, 11) is -1.20. The Labute approximate surface area is 103 Å². The Bertz CT molecular complexity index is 147. The summed E-state index contributed by atoms with van der Waals surface area (Å²) in [5.74, 6) is 0. The number of hydrogen-bond acceptors (Lipinski definition) is 2. The molecule has 1 atom stereocenters. The zero-order valence-corrected chi connectivity index (χ0v) is 12.0. The summed E-state index contributed by atoms with van der Waals surface area (Å²) in [5.41, 5.74) is 0. The zero-order chi connectivity index (χ0) is 11.5. The van der Waals surface area contributed by atoms with E-state index in [0.29, 0.717) is 0 Å². The Balaban J connectivity index is 1.77. The first-order chi connectivity index (χ1) is 7.93. The third-order valence-electron chi connectivity index (χ3n) is 3.19. The minimum Gasteiger partial charge on any atom is -0.397 e. The lowest BCUT2D eigenvalue weighted by atomic mass is 10.1. The van der Waals surface area contributed by atoms with Crippen LogP contribution in [0.25, 0.3) is 0 Å². The third kappa shape index (κ3) is 7.42. The molecule has 0 radical (unpaired) electrons. The van der Waals surface area contributed by atoms with Crippen molar-refractivity contribution in [3.63, 3.8) is 0 Å². The highest BCUT2D eigenvalue weighted by Gasteiger charge is 2.16. The molecular weight excluding hydrogens is 216 g/mol. The molecule has 0 aromatic carbocycles. The monoisotopic (exact) mass is 244 g/mol. The van der Waals surface area contributed by atoms with Crippen molar-refractivity contribution in [3.8, 4) is 0 Å².